The predicted molar refractivity (Wildman–Crippen MR) is 92.9 cm³/mol. The van der Waals surface area contributed by atoms with Crippen molar-refractivity contribution < 1.29 is 19.1 Å². The highest BCUT2D eigenvalue weighted by molar-refractivity contribution is 7.14. The highest BCUT2D eigenvalue weighted by Crippen LogP contribution is 2.34. The number of carbonyl (C=O) groups is 2. The lowest BCUT2D eigenvalue weighted by molar-refractivity contribution is 0.0600. The molecule has 0 amide bonds. The fraction of sp³-hybridized carbons (Fsp3) is 0.368. The van der Waals surface area contributed by atoms with Crippen molar-refractivity contribution in [2.75, 3.05) is 7.11 Å². The van der Waals surface area contributed by atoms with E-state index in [2.05, 4.69) is 11.7 Å². The van der Waals surface area contributed by atoms with E-state index in [1.165, 1.54) is 41.7 Å². The molecule has 4 nitrogen and oxygen atoms in total. The summed E-state index contributed by atoms with van der Waals surface area (Å²) in [5, 5.41) is 0. The van der Waals surface area contributed by atoms with Gasteiger partial charge in [0.25, 0.3) is 0 Å². The van der Waals surface area contributed by atoms with Crippen molar-refractivity contribution in [1.29, 1.82) is 0 Å². The third kappa shape index (κ3) is 3.51. The summed E-state index contributed by atoms with van der Waals surface area (Å²) in [6.45, 7) is 2.22. The van der Waals surface area contributed by atoms with Crippen LogP contribution in [0.1, 0.15) is 50.2 Å². The first-order chi connectivity index (χ1) is 11.6. The van der Waals surface area contributed by atoms with Crippen LogP contribution >= 0.6 is 11.3 Å². The summed E-state index contributed by atoms with van der Waals surface area (Å²) in [6, 6.07) is 8.35. The Kier molecular flexibility index (Phi) is 5.00. The quantitative estimate of drug-likeness (QED) is 0.614. The number of hydrogen-bond acceptors (Lipinski definition) is 5. The van der Waals surface area contributed by atoms with Gasteiger partial charge in [0.15, 0.2) is 0 Å². The molecule has 1 aromatic heterocycles. The van der Waals surface area contributed by atoms with E-state index in [4.69, 9.17) is 4.74 Å². The van der Waals surface area contributed by atoms with Gasteiger partial charge in [-0.1, -0.05) is 13.3 Å². The molecule has 0 bridgehead atoms. The Balaban J connectivity index is 1.69. The number of methoxy groups -OCH3 is 1. The second-order valence-electron chi connectivity index (χ2n) is 5.98. The molecule has 126 valence electrons. The summed E-state index contributed by atoms with van der Waals surface area (Å²) in [7, 11) is 1.33. The molecule has 0 aliphatic heterocycles. The molecule has 0 spiro atoms. The van der Waals surface area contributed by atoms with Gasteiger partial charge in [0.2, 0.25) is 0 Å². The molecule has 1 aromatic carbocycles. The van der Waals surface area contributed by atoms with Crippen molar-refractivity contribution in [3.63, 3.8) is 0 Å². The third-order valence-corrected chi connectivity index (χ3v) is 5.67. The maximum Gasteiger partial charge on any atom is 0.353 e. The van der Waals surface area contributed by atoms with E-state index in [0.717, 1.165) is 18.8 Å². The Hall–Kier alpha value is -2.14. The fourth-order valence-corrected chi connectivity index (χ4v) is 4.07. The fourth-order valence-electron chi connectivity index (χ4n) is 2.98. The largest absolute Gasteiger partial charge is 0.465 e. The lowest BCUT2D eigenvalue weighted by atomic mass is 9.87. The first-order valence-corrected chi connectivity index (χ1v) is 8.94. The standard InChI is InChI=1S/C19H20O4S/c1-3-12-4-9-16-14(10-12)11-17(24-16)19(21)23-15-7-5-13(6-8-15)18(20)22-2/h5-8,11-12H,3-4,9-10H2,1-2H3/t12-/m1/s1. The summed E-state index contributed by atoms with van der Waals surface area (Å²) in [5.74, 6) is 0.393. The Morgan fingerprint density at radius 2 is 1.96 bits per heavy atom. The average Bonchev–Trinajstić information content (AvgIpc) is 3.05. The lowest BCUT2D eigenvalue weighted by Gasteiger charge is -2.19. The van der Waals surface area contributed by atoms with Crippen LogP contribution < -0.4 is 4.74 Å². The van der Waals surface area contributed by atoms with Crippen LogP contribution in [0.4, 0.5) is 0 Å². The van der Waals surface area contributed by atoms with E-state index >= 15 is 0 Å². The minimum atomic E-state index is -0.413. The number of benzene rings is 1. The summed E-state index contributed by atoms with van der Waals surface area (Å²) in [4.78, 5) is 25.7. The molecular formula is C19H20O4S. The summed E-state index contributed by atoms with van der Waals surface area (Å²) < 4.78 is 10.1. The minimum Gasteiger partial charge on any atom is -0.465 e. The molecule has 0 N–H and O–H groups in total. The van der Waals surface area contributed by atoms with Crippen LogP contribution in [-0.2, 0) is 17.6 Å². The zero-order valence-electron chi connectivity index (χ0n) is 13.8. The van der Waals surface area contributed by atoms with Crippen LogP contribution in [0.2, 0.25) is 0 Å². The molecule has 1 atom stereocenters. The smallest absolute Gasteiger partial charge is 0.353 e. The van der Waals surface area contributed by atoms with E-state index in [-0.39, 0.29) is 5.97 Å². The Bertz CT molecular complexity index is 745. The van der Waals surface area contributed by atoms with Crippen molar-refractivity contribution >= 4 is 23.3 Å². The Morgan fingerprint density at radius 3 is 2.62 bits per heavy atom. The van der Waals surface area contributed by atoms with Crippen LogP contribution in [0.5, 0.6) is 5.75 Å². The molecule has 5 heteroatoms. The van der Waals surface area contributed by atoms with Gasteiger partial charge in [0, 0.05) is 4.88 Å². The number of ether oxygens (including phenoxy) is 2. The molecule has 0 radical (unpaired) electrons. The summed E-state index contributed by atoms with van der Waals surface area (Å²) in [6.07, 6.45) is 4.50. The van der Waals surface area contributed by atoms with E-state index in [0.29, 0.717) is 16.2 Å². The van der Waals surface area contributed by atoms with Gasteiger partial charge in [-0.05, 0) is 61.1 Å². The number of esters is 2. The van der Waals surface area contributed by atoms with Gasteiger partial charge in [-0.25, -0.2) is 9.59 Å². The highest BCUT2D eigenvalue weighted by atomic mass is 32.1. The minimum absolute atomic E-state index is 0.340. The van der Waals surface area contributed by atoms with Gasteiger partial charge >= 0.3 is 11.9 Å². The van der Waals surface area contributed by atoms with Gasteiger partial charge in [-0.15, -0.1) is 11.3 Å². The van der Waals surface area contributed by atoms with Gasteiger partial charge < -0.3 is 9.47 Å². The molecular weight excluding hydrogens is 324 g/mol. The molecule has 3 rings (SSSR count). The van der Waals surface area contributed by atoms with E-state index < -0.39 is 5.97 Å². The van der Waals surface area contributed by atoms with Gasteiger partial charge in [0.05, 0.1) is 12.7 Å². The zero-order chi connectivity index (χ0) is 17.1. The molecule has 0 saturated carbocycles. The molecule has 1 aliphatic carbocycles. The van der Waals surface area contributed by atoms with Crippen LogP contribution in [0.15, 0.2) is 30.3 Å². The van der Waals surface area contributed by atoms with Gasteiger partial charge in [-0.3, -0.25) is 0 Å². The van der Waals surface area contributed by atoms with Crippen molar-refractivity contribution in [2.24, 2.45) is 5.92 Å². The molecule has 0 fully saturated rings. The lowest BCUT2D eigenvalue weighted by Crippen LogP contribution is -2.10. The number of hydrogen-bond donors (Lipinski definition) is 0. The van der Waals surface area contributed by atoms with Gasteiger partial charge in [-0.2, -0.15) is 0 Å². The predicted octanol–water partition coefficient (Wildman–Crippen LogP) is 4.27. The van der Waals surface area contributed by atoms with Crippen molar-refractivity contribution in [3.05, 3.63) is 51.2 Å². The number of thiophene rings is 1. The van der Waals surface area contributed by atoms with Crippen molar-refractivity contribution in [1.82, 2.24) is 0 Å². The number of aryl methyl sites for hydroxylation is 1. The maximum absolute atomic E-state index is 12.4. The summed E-state index contributed by atoms with van der Waals surface area (Å²) in [5.41, 5.74) is 1.72. The van der Waals surface area contributed by atoms with Gasteiger partial charge in [0.1, 0.15) is 10.6 Å². The van der Waals surface area contributed by atoms with Crippen molar-refractivity contribution in [2.45, 2.75) is 32.6 Å². The van der Waals surface area contributed by atoms with Crippen LogP contribution in [0.25, 0.3) is 0 Å². The average molecular weight is 344 g/mol. The molecule has 0 saturated heterocycles. The van der Waals surface area contributed by atoms with E-state index in [9.17, 15) is 9.59 Å². The van der Waals surface area contributed by atoms with E-state index in [1.54, 1.807) is 24.3 Å². The topological polar surface area (TPSA) is 52.6 Å². The van der Waals surface area contributed by atoms with Crippen LogP contribution in [0.3, 0.4) is 0 Å². The molecule has 1 heterocycles. The number of rotatable bonds is 4. The van der Waals surface area contributed by atoms with E-state index in [1.807, 2.05) is 6.07 Å². The van der Waals surface area contributed by atoms with Crippen molar-refractivity contribution in [3.8, 4) is 5.75 Å². The Morgan fingerprint density at radius 1 is 1.21 bits per heavy atom. The van der Waals surface area contributed by atoms with Crippen LogP contribution in [-0.4, -0.2) is 19.0 Å². The monoisotopic (exact) mass is 344 g/mol. The maximum atomic E-state index is 12.4. The third-order valence-electron chi connectivity index (χ3n) is 4.45. The first kappa shape index (κ1) is 16.7. The van der Waals surface area contributed by atoms with Crippen LogP contribution in [0, 0.1) is 5.92 Å². The molecule has 2 aromatic rings. The summed E-state index contributed by atoms with van der Waals surface area (Å²) >= 11 is 1.54. The first-order valence-electron chi connectivity index (χ1n) is 8.12. The molecule has 0 unspecified atom stereocenters. The normalized spacial score (nSPS) is 16.3. The number of carbonyl (C=O) groups excluding carboxylic acids is 2. The highest BCUT2D eigenvalue weighted by Gasteiger charge is 2.22. The zero-order valence-corrected chi connectivity index (χ0v) is 14.7. The SMILES string of the molecule is CC[C@@H]1CCc2sc(C(=O)Oc3ccc(C(=O)OC)cc3)cc2C1. The second kappa shape index (κ2) is 7.18. The number of fused-ring (bicyclic) bond motifs is 1. The second-order valence-corrected chi connectivity index (χ2v) is 7.12. The Labute approximate surface area is 145 Å². The molecule has 1 aliphatic rings. The molecule has 24 heavy (non-hydrogen) atoms.